The van der Waals surface area contributed by atoms with E-state index in [0.29, 0.717) is 5.92 Å². The summed E-state index contributed by atoms with van der Waals surface area (Å²) in [6.07, 6.45) is 5.82. The van der Waals surface area contributed by atoms with Crippen LogP contribution in [0.2, 0.25) is 0 Å². The lowest BCUT2D eigenvalue weighted by molar-refractivity contribution is 0.119. The quantitative estimate of drug-likeness (QED) is 0.904. The van der Waals surface area contributed by atoms with Crippen molar-refractivity contribution in [3.63, 3.8) is 0 Å². The number of benzene rings is 1. The van der Waals surface area contributed by atoms with Crippen LogP contribution in [0.25, 0.3) is 0 Å². The first-order valence-corrected chi connectivity index (χ1v) is 8.82. The fraction of sp³-hybridized carbons (Fsp3) is 0.474. The summed E-state index contributed by atoms with van der Waals surface area (Å²) in [5, 5.41) is 7.27. The second kappa shape index (κ2) is 8.16. The molecule has 1 aromatic heterocycles. The van der Waals surface area contributed by atoms with E-state index in [-0.39, 0.29) is 12.1 Å². The van der Waals surface area contributed by atoms with Gasteiger partial charge in [0, 0.05) is 44.8 Å². The molecular formula is C19H26N4O2. The van der Waals surface area contributed by atoms with E-state index >= 15 is 0 Å². The summed E-state index contributed by atoms with van der Waals surface area (Å²) in [5.41, 5.74) is 1.86. The Morgan fingerprint density at radius 1 is 1.36 bits per heavy atom. The van der Waals surface area contributed by atoms with Crippen molar-refractivity contribution in [1.29, 1.82) is 0 Å². The van der Waals surface area contributed by atoms with E-state index < -0.39 is 0 Å². The van der Waals surface area contributed by atoms with Crippen molar-refractivity contribution in [1.82, 2.24) is 14.7 Å². The Kier molecular flexibility index (Phi) is 5.71. The lowest BCUT2D eigenvalue weighted by Crippen LogP contribution is -2.41. The van der Waals surface area contributed by atoms with Crippen molar-refractivity contribution >= 4 is 11.7 Å². The van der Waals surface area contributed by atoms with Crippen LogP contribution in [0, 0.1) is 5.92 Å². The molecule has 6 nitrogen and oxygen atoms in total. The molecule has 1 aliphatic heterocycles. The molecule has 2 heterocycles. The van der Waals surface area contributed by atoms with Crippen molar-refractivity contribution in [2.75, 3.05) is 25.5 Å². The number of carbonyl (C=O) groups excluding carboxylic acids is 1. The topological polar surface area (TPSA) is 59.4 Å². The van der Waals surface area contributed by atoms with Crippen molar-refractivity contribution in [3.05, 3.63) is 48.3 Å². The zero-order chi connectivity index (χ0) is 17.6. The second-order valence-corrected chi connectivity index (χ2v) is 6.59. The number of likely N-dealkylation sites (tertiary alicyclic amines) is 1. The Bertz CT molecular complexity index is 678. The summed E-state index contributed by atoms with van der Waals surface area (Å²) >= 11 is 0. The number of rotatable bonds is 5. The number of nitrogens with zero attached hydrogens (tertiary/aromatic N) is 3. The van der Waals surface area contributed by atoms with Gasteiger partial charge in [-0.3, -0.25) is 4.68 Å². The van der Waals surface area contributed by atoms with Gasteiger partial charge in [0.1, 0.15) is 0 Å². The van der Waals surface area contributed by atoms with Crippen molar-refractivity contribution in [2.24, 2.45) is 5.92 Å². The van der Waals surface area contributed by atoms with E-state index in [2.05, 4.69) is 10.4 Å². The summed E-state index contributed by atoms with van der Waals surface area (Å²) in [6.45, 7) is 4.49. The third kappa shape index (κ3) is 4.60. The average Bonchev–Trinajstić information content (AvgIpc) is 3.15. The van der Waals surface area contributed by atoms with Crippen LogP contribution in [-0.2, 0) is 11.3 Å². The van der Waals surface area contributed by atoms with Crippen molar-refractivity contribution in [2.45, 2.75) is 32.4 Å². The summed E-state index contributed by atoms with van der Waals surface area (Å²) in [5.74, 6) is 0.579. The van der Waals surface area contributed by atoms with Gasteiger partial charge in [0.25, 0.3) is 0 Å². The van der Waals surface area contributed by atoms with Crippen LogP contribution in [0.4, 0.5) is 10.5 Å². The van der Waals surface area contributed by atoms with Gasteiger partial charge in [-0.05, 0) is 49.4 Å². The molecule has 3 rings (SSSR count). The number of methoxy groups -OCH3 is 1. The van der Waals surface area contributed by atoms with Gasteiger partial charge >= 0.3 is 6.03 Å². The van der Waals surface area contributed by atoms with E-state index in [4.69, 9.17) is 4.74 Å². The minimum atomic E-state index is -0.0280. The smallest absolute Gasteiger partial charge is 0.321 e. The number of amides is 2. The summed E-state index contributed by atoms with van der Waals surface area (Å²) in [7, 11) is 1.68. The molecule has 1 N–H and O–H groups in total. The van der Waals surface area contributed by atoms with E-state index in [9.17, 15) is 4.79 Å². The molecule has 0 bridgehead atoms. The molecule has 0 aliphatic carbocycles. The van der Waals surface area contributed by atoms with Crippen LogP contribution in [0.1, 0.15) is 31.4 Å². The Hall–Kier alpha value is -2.34. The van der Waals surface area contributed by atoms with Gasteiger partial charge in [-0.1, -0.05) is 12.1 Å². The fourth-order valence-corrected chi connectivity index (χ4v) is 3.20. The number of hydrogen-bond acceptors (Lipinski definition) is 3. The third-order valence-electron chi connectivity index (χ3n) is 4.87. The van der Waals surface area contributed by atoms with Gasteiger partial charge in [0.05, 0.1) is 6.10 Å². The highest BCUT2D eigenvalue weighted by atomic mass is 16.5. The molecule has 25 heavy (non-hydrogen) atoms. The summed E-state index contributed by atoms with van der Waals surface area (Å²) in [4.78, 5) is 14.4. The van der Waals surface area contributed by atoms with E-state index in [1.54, 1.807) is 13.3 Å². The largest absolute Gasteiger partial charge is 0.377 e. The zero-order valence-electron chi connectivity index (χ0n) is 14.9. The highest BCUT2D eigenvalue weighted by Crippen LogP contribution is 2.22. The maximum Gasteiger partial charge on any atom is 0.321 e. The fourth-order valence-electron chi connectivity index (χ4n) is 3.20. The molecule has 1 atom stereocenters. The highest BCUT2D eigenvalue weighted by molar-refractivity contribution is 5.89. The highest BCUT2D eigenvalue weighted by Gasteiger charge is 2.23. The standard InChI is InChI=1S/C19H26N4O2/c1-15(25-2)17-5-3-6-18(13-17)21-19(24)22-11-7-16(8-12-22)14-23-10-4-9-20-23/h3-6,9-10,13,15-16H,7-8,11-12,14H2,1-2H3,(H,21,24)/t15-/m1/s1. The number of nitrogens with one attached hydrogen (secondary N) is 1. The van der Waals surface area contributed by atoms with Crippen LogP contribution in [-0.4, -0.2) is 40.9 Å². The molecule has 0 spiro atoms. The predicted octanol–water partition coefficient (Wildman–Crippen LogP) is 3.53. The first-order valence-electron chi connectivity index (χ1n) is 8.82. The maximum atomic E-state index is 12.5. The van der Waals surface area contributed by atoms with Crippen LogP contribution in [0.15, 0.2) is 42.7 Å². The molecule has 134 valence electrons. The molecule has 2 aromatic rings. The van der Waals surface area contributed by atoms with Crippen molar-refractivity contribution in [3.8, 4) is 0 Å². The Labute approximate surface area is 148 Å². The number of aromatic nitrogens is 2. The first-order chi connectivity index (χ1) is 12.2. The Morgan fingerprint density at radius 2 is 2.16 bits per heavy atom. The van der Waals surface area contributed by atoms with Crippen LogP contribution >= 0.6 is 0 Å². The van der Waals surface area contributed by atoms with Gasteiger partial charge in [0.15, 0.2) is 0 Å². The number of ether oxygens (including phenoxy) is 1. The van der Waals surface area contributed by atoms with Crippen LogP contribution in [0.5, 0.6) is 0 Å². The van der Waals surface area contributed by atoms with E-state index in [1.165, 1.54) is 0 Å². The molecule has 1 aliphatic rings. The molecule has 1 fully saturated rings. The minimum absolute atomic E-state index is 0.00916. The average molecular weight is 342 g/mol. The number of anilines is 1. The Morgan fingerprint density at radius 3 is 2.84 bits per heavy atom. The van der Waals surface area contributed by atoms with Crippen LogP contribution in [0.3, 0.4) is 0 Å². The zero-order valence-corrected chi connectivity index (χ0v) is 14.9. The predicted molar refractivity (Wildman–Crippen MR) is 97.4 cm³/mol. The van der Waals surface area contributed by atoms with Gasteiger partial charge in [0.2, 0.25) is 0 Å². The third-order valence-corrected chi connectivity index (χ3v) is 4.87. The lowest BCUT2D eigenvalue weighted by Gasteiger charge is -2.32. The molecule has 0 unspecified atom stereocenters. The van der Waals surface area contributed by atoms with E-state index in [0.717, 1.165) is 43.7 Å². The van der Waals surface area contributed by atoms with Gasteiger partial charge in [-0.25, -0.2) is 4.79 Å². The first kappa shape index (κ1) is 17.5. The van der Waals surface area contributed by atoms with Gasteiger partial charge in [-0.15, -0.1) is 0 Å². The minimum Gasteiger partial charge on any atom is -0.377 e. The van der Waals surface area contributed by atoms with Crippen LogP contribution < -0.4 is 5.32 Å². The maximum absolute atomic E-state index is 12.5. The molecule has 0 radical (unpaired) electrons. The number of urea groups is 1. The van der Waals surface area contributed by atoms with Crippen molar-refractivity contribution < 1.29 is 9.53 Å². The summed E-state index contributed by atoms with van der Waals surface area (Å²) in [6, 6.07) is 9.74. The molecular weight excluding hydrogens is 316 g/mol. The SMILES string of the molecule is CO[C@H](C)c1cccc(NC(=O)N2CCC(Cn3cccn3)CC2)c1. The molecule has 1 saturated heterocycles. The number of piperidine rings is 1. The summed E-state index contributed by atoms with van der Waals surface area (Å²) < 4.78 is 7.31. The lowest BCUT2D eigenvalue weighted by atomic mass is 9.97. The van der Waals surface area contributed by atoms with E-state index in [1.807, 2.05) is 53.0 Å². The molecule has 2 amide bonds. The monoisotopic (exact) mass is 342 g/mol. The van der Waals surface area contributed by atoms with Gasteiger partial charge < -0.3 is 15.0 Å². The Balaban J connectivity index is 1.51. The molecule has 0 saturated carbocycles. The second-order valence-electron chi connectivity index (χ2n) is 6.59. The number of hydrogen-bond donors (Lipinski definition) is 1. The number of carbonyl (C=O) groups is 1. The van der Waals surface area contributed by atoms with Gasteiger partial charge in [-0.2, -0.15) is 5.10 Å². The normalized spacial score (nSPS) is 16.6. The molecule has 1 aromatic carbocycles. The molecule has 6 heteroatoms.